The highest BCUT2D eigenvalue weighted by atomic mass is 16.5. The standard InChI is InChI=1S/C16H23NO3/c18-10-14-8-4-5-9-15(14)17-16(19)12-20-11-13-6-2-1-3-7-13/h1-3,6-7,14-15,18H,4-5,8-12H2,(H,17,19). The summed E-state index contributed by atoms with van der Waals surface area (Å²) in [4.78, 5) is 11.8. The van der Waals surface area contributed by atoms with Gasteiger partial charge in [0, 0.05) is 18.6 Å². The quantitative estimate of drug-likeness (QED) is 0.834. The van der Waals surface area contributed by atoms with Crippen LogP contribution in [-0.4, -0.2) is 30.3 Å². The Balaban J connectivity index is 1.69. The van der Waals surface area contributed by atoms with Gasteiger partial charge >= 0.3 is 0 Å². The third kappa shape index (κ3) is 4.62. The average Bonchev–Trinajstić information content (AvgIpc) is 2.49. The van der Waals surface area contributed by atoms with Gasteiger partial charge in [-0.05, 0) is 18.4 Å². The van der Waals surface area contributed by atoms with Gasteiger partial charge in [-0.15, -0.1) is 0 Å². The SMILES string of the molecule is O=C(COCc1ccccc1)NC1CCCCC1CO. The van der Waals surface area contributed by atoms with E-state index in [1.165, 1.54) is 0 Å². The predicted octanol–water partition coefficient (Wildman–Crippen LogP) is 1.87. The number of ether oxygens (including phenoxy) is 1. The summed E-state index contributed by atoms with van der Waals surface area (Å²) in [7, 11) is 0. The Hall–Kier alpha value is -1.39. The lowest BCUT2D eigenvalue weighted by Crippen LogP contribution is -2.44. The maximum absolute atomic E-state index is 11.8. The average molecular weight is 277 g/mol. The first-order valence-corrected chi connectivity index (χ1v) is 7.31. The van der Waals surface area contributed by atoms with E-state index < -0.39 is 0 Å². The Bertz CT molecular complexity index is 407. The minimum Gasteiger partial charge on any atom is -0.396 e. The molecule has 1 aromatic rings. The summed E-state index contributed by atoms with van der Waals surface area (Å²) in [5.41, 5.74) is 1.06. The molecule has 1 aliphatic carbocycles. The van der Waals surface area contributed by atoms with Gasteiger partial charge in [0.2, 0.25) is 5.91 Å². The van der Waals surface area contributed by atoms with E-state index in [1.54, 1.807) is 0 Å². The molecule has 2 N–H and O–H groups in total. The molecule has 4 heteroatoms. The zero-order valence-corrected chi connectivity index (χ0v) is 11.8. The van der Waals surface area contributed by atoms with Crippen LogP contribution in [0.15, 0.2) is 30.3 Å². The summed E-state index contributed by atoms with van der Waals surface area (Å²) < 4.78 is 5.42. The van der Waals surface area contributed by atoms with E-state index in [0.29, 0.717) is 6.61 Å². The van der Waals surface area contributed by atoms with Crippen LogP contribution in [0.2, 0.25) is 0 Å². The molecule has 2 atom stereocenters. The number of aliphatic hydroxyl groups excluding tert-OH is 1. The first kappa shape index (κ1) is 15.0. The molecule has 1 aliphatic rings. The molecule has 0 aromatic heterocycles. The van der Waals surface area contributed by atoms with E-state index in [2.05, 4.69) is 5.32 Å². The monoisotopic (exact) mass is 277 g/mol. The molecule has 0 spiro atoms. The number of rotatable bonds is 6. The van der Waals surface area contributed by atoms with Crippen molar-refractivity contribution in [3.8, 4) is 0 Å². The molecule has 20 heavy (non-hydrogen) atoms. The van der Waals surface area contributed by atoms with Crippen LogP contribution in [0.3, 0.4) is 0 Å². The number of benzene rings is 1. The van der Waals surface area contributed by atoms with Gasteiger partial charge < -0.3 is 15.2 Å². The Kier molecular flexibility index (Phi) is 6.02. The summed E-state index contributed by atoms with van der Waals surface area (Å²) in [6.45, 7) is 0.668. The van der Waals surface area contributed by atoms with Crippen molar-refractivity contribution in [3.63, 3.8) is 0 Å². The smallest absolute Gasteiger partial charge is 0.246 e. The van der Waals surface area contributed by atoms with Gasteiger partial charge in [0.05, 0.1) is 6.61 Å². The van der Waals surface area contributed by atoms with Crippen molar-refractivity contribution in [1.82, 2.24) is 5.32 Å². The zero-order valence-electron chi connectivity index (χ0n) is 11.8. The number of amides is 1. The summed E-state index contributed by atoms with van der Waals surface area (Å²) in [6.07, 6.45) is 4.20. The number of aliphatic hydroxyl groups is 1. The van der Waals surface area contributed by atoms with E-state index >= 15 is 0 Å². The van der Waals surface area contributed by atoms with Crippen molar-refractivity contribution in [1.29, 1.82) is 0 Å². The van der Waals surface area contributed by atoms with Crippen LogP contribution < -0.4 is 5.32 Å². The minimum absolute atomic E-state index is 0.0730. The highest BCUT2D eigenvalue weighted by molar-refractivity contribution is 5.77. The van der Waals surface area contributed by atoms with E-state index in [0.717, 1.165) is 31.2 Å². The first-order valence-electron chi connectivity index (χ1n) is 7.31. The van der Waals surface area contributed by atoms with Crippen LogP contribution in [0.1, 0.15) is 31.2 Å². The molecule has 0 heterocycles. The number of hydrogen-bond donors (Lipinski definition) is 2. The van der Waals surface area contributed by atoms with Crippen molar-refractivity contribution < 1.29 is 14.6 Å². The second-order valence-electron chi connectivity index (χ2n) is 5.38. The molecule has 1 amide bonds. The molecular weight excluding hydrogens is 254 g/mol. The predicted molar refractivity (Wildman–Crippen MR) is 77.1 cm³/mol. The number of hydrogen-bond acceptors (Lipinski definition) is 3. The Morgan fingerprint density at radius 3 is 2.75 bits per heavy atom. The van der Waals surface area contributed by atoms with Crippen molar-refractivity contribution in [2.24, 2.45) is 5.92 Å². The fraction of sp³-hybridized carbons (Fsp3) is 0.562. The fourth-order valence-corrected chi connectivity index (χ4v) is 2.70. The van der Waals surface area contributed by atoms with Crippen LogP contribution >= 0.6 is 0 Å². The molecule has 1 aromatic carbocycles. The Morgan fingerprint density at radius 1 is 1.25 bits per heavy atom. The summed E-state index contributed by atoms with van der Waals surface area (Å²) >= 11 is 0. The van der Waals surface area contributed by atoms with Gasteiger partial charge in [-0.1, -0.05) is 43.2 Å². The summed E-state index contributed by atoms with van der Waals surface area (Å²) in [6, 6.07) is 9.90. The highest BCUT2D eigenvalue weighted by Gasteiger charge is 2.25. The van der Waals surface area contributed by atoms with Gasteiger partial charge in [-0.2, -0.15) is 0 Å². The number of nitrogens with one attached hydrogen (secondary N) is 1. The van der Waals surface area contributed by atoms with Crippen molar-refractivity contribution in [2.75, 3.05) is 13.2 Å². The van der Waals surface area contributed by atoms with Crippen molar-refractivity contribution >= 4 is 5.91 Å². The van der Waals surface area contributed by atoms with Crippen molar-refractivity contribution in [3.05, 3.63) is 35.9 Å². The molecule has 1 fully saturated rings. The van der Waals surface area contributed by atoms with E-state index in [9.17, 15) is 9.90 Å². The lowest BCUT2D eigenvalue weighted by atomic mass is 9.85. The topological polar surface area (TPSA) is 58.6 Å². The summed E-state index contributed by atoms with van der Waals surface area (Å²) in [5.74, 6) is 0.105. The Morgan fingerprint density at radius 2 is 2.00 bits per heavy atom. The lowest BCUT2D eigenvalue weighted by molar-refractivity contribution is -0.127. The molecule has 0 bridgehead atoms. The number of carbonyl (C=O) groups excluding carboxylic acids is 1. The molecule has 110 valence electrons. The van der Waals surface area contributed by atoms with Crippen LogP contribution in [0, 0.1) is 5.92 Å². The van der Waals surface area contributed by atoms with Crippen LogP contribution in [0.4, 0.5) is 0 Å². The lowest BCUT2D eigenvalue weighted by Gasteiger charge is -2.30. The third-order valence-electron chi connectivity index (χ3n) is 3.83. The zero-order chi connectivity index (χ0) is 14.2. The van der Waals surface area contributed by atoms with Crippen LogP contribution in [0.5, 0.6) is 0 Å². The molecular formula is C16H23NO3. The first-order chi connectivity index (χ1) is 9.79. The van der Waals surface area contributed by atoms with Gasteiger partial charge in [0.25, 0.3) is 0 Å². The van der Waals surface area contributed by atoms with E-state index in [1.807, 2.05) is 30.3 Å². The fourth-order valence-electron chi connectivity index (χ4n) is 2.70. The van der Waals surface area contributed by atoms with Gasteiger partial charge in [-0.3, -0.25) is 4.79 Å². The molecule has 2 rings (SSSR count). The minimum atomic E-state index is -0.0914. The molecule has 0 radical (unpaired) electrons. The molecule has 2 unspecified atom stereocenters. The highest BCUT2D eigenvalue weighted by Crippen LogP contribution is 2.23. The molecule has 0 aliphatic heterocycles. The van der Waals surface area contributed by atoms with E-state index in [4.69, 9.17) is 4.74 Å². The van der Waals surface area contributed by atoms with Gasteiger partial charge in [0.1, 0.15) is 6.61 Å². The largest absolute Gasteiger partial charge is 0.396 e. The molecule has 0 saturated heterocycles. The van der Waals surface area contributed by atoms with Gasteiger partial charge in [0.15, 0.2) is 0 Å². The normalized spacial score (nSPS) is 22.4. The molecule has 1 saturated carbocycles. The second kappa shape index (κ2) is 8.02. The Labute approximate surface area is 120 Å². The van der Waals surface area contributed by atoms with Crippen molar-refractivity contribution in [2.45, 2.75) is 38.3 Å². The maximum Gasteiger partial charge on any atom is 0.246 e. The maximum atomic E-state index is 11.8. The molecule has 4 nitrogen and oxygen atoms in total. The van der Waals surface area contributed by atoms with Crippen LogP contribution in [0.25, 0.3) is 0 Å². The second-order valence-corrected chi connectivity index (χ2v) is 5.38. The van der Waals surface area contributed by atoms with E-state index in [-0.39, 0.29) is 31.1 Å². The van der Waals surface area contributed by atoms with Gasteiger partial charge in [-0.25, -0.2) is 0 Å². The van der Waals surface area contributed by atoms with Crippen LogP contribution in [-0.2, 0) is 16.1 Å². The number of carbonyl (C=O) groups is 1. The summed E-state index contributed by atoms with van der Waals surface area (Å²) in [5, 5.41) is 12.3. The third-order valence-corrected chi connectivity index (χ3v) is 3.83.